The van der Waals surface area contributed by atoms with Crippen molar-refractivity contribution >= 4 is 11.6 Å². The molecule has 1 aromatic carbocycles. The zero-order valence-electron chi connectivity index (χ0n) is 8.10. The monoisotopic (exact) mass is 201 g/mol. The summed E-state index contributed by atoms with van der Waals surface area (Å²) < 4.78 is 0. The molecule has 0 fully saturated rings. The van der Waals surface area contributed by atoms with Gasteiger partial charge < -0.3 is 11.1 Å². The van der Waals surface area contributed by atoms with Gasteiger partial charge in [-0.15, -0.1) is 0 Å². The van der Waals surface area contributed by atoms with Crippen molar-refractivity contribution in [3.63, 3.8) is 0 Å². The average molecular weight is 201 g/mol. The molecule has 76 valence electrons. The van der Waals surface area contributed by atoms with Crippen molar-refractivity contribution in [2.24, 2.45) is 5.73 Å². The van der Waals surface area contributed by atoms with Crippen molar-refractivity contribution in [1.29, 1.82) is 5.26 Å². The van der Waals surface area contributed by atoms with E-state index in [0.717, 1.165) is 11.3 Å². The number of nitrogens with zero attached hydrogens (tertiary/aromatic N) is 1. The molecule has 0 aliphatic carbocycles. The van der Waals surface area contributed by atoms with Gasteiger partial charge in [0.2, 0.25) is 5.91 Å². The largest absolute Gasteiger partial charge is 0.324 e. The molecule has 4 heteroatoms. The predicted octanol–water partition coefficient (Wildman–Crippen LogP) is 0.963. The zero-order chi connectivity index (χ0) is 10.8. The Bertz CT molecular complexity index is 436. The molecule has 15 heavy (non-hydrogen) atoms. The number of amides is 1. The molecule has 2 rings (SSSR count). The first-order valence-electron chi connectivity index (χ1n) is 4.76. The van der Waals surface area contributed by atoms with E-state index in [1.165, 1.54) is 0 Å². The summed E-state index contributed by atoms with van der Waals surface area (Å²) >= 11 is 0. The molecule has 2 unspecified atom stereocenters. The molecule has 0 aromatic heterocycles. The summed E-state index contributed by atoms with van der Waals surface area (Å²) in [4.78, 5) is 11.5. The van der Waals surface area contributed by atoms with E-state index in [-0.39, 0.29) is 18.2 Å². The fraction of sp³-hybridized carbons (Fsp3) is 0.273. The van der Waals surface area contributed by atoms with Crippen LogP contribution in [0.5, 0.6) is 0 Å². The highest BCUT2D eigenvalue weighted by Gasteiger charge is 2.32. The molecule has 0 bridgehead atoms. The third-order valence-electron chi connectivity index (χ3n) is 2.67. The highest BCUT2D eigenvalue weighted by molar-refractivity contribution is 5.98. The SMILES string of the molecule is N#CCC1c2ccccc2NC(=O)C1N. The quantitative estimate of drug-likeness (QED) is 0.710. The van der Waals surface area contributed by atoms with Crippen LogP contribution >= 0.6 is 0 Å². The molecule has 0 saturated heterocycles. The van der Waals surface area contributed by atoms with Crippen molar-refractivity contribution < 1.29 is 4.79 Å². The topological polar surface area (TPSA) is 78.9 Å². The Morgan fingerprint density at radius 2 is 2.20 bits per heavy atom. The van der Waals surface area contributed by atoms with Gasteiger partial charge in [-0.1, -0.05) is 18.2 Å². The van der Waals surface area contributed by atoms with Crippen LogP contribution in [0, 0.1) is 11.3 Å². The van der Waals surface area contributed by atoms with Gasteiger partial charge in [0, 0.05) is 18.0 Å². The van der Waals surface area contributed by atoms with Gasteiger partial charge in [-0.25, -0.2) is 0 Å². The van der Waals surface area contributed by atoms with Gasteiger partial charge in [-0.05, 0) is 11.6 Å². The molecule has 0 spiro atoms. The van der Waals surface area contributed by atoms with Gasteiger partial charge in [-0.3, -0.25) is 4.79 Å². The van der Waals surface area contributed by atoms with Gasteiger partial charge in [-0.2, -0.15) is 5.26 Å². The summed E-state index contributed by atoms with van der Waals surface area (Å²) in [6.07, 6.45) is 0.269. The molecule has 3 N–H and O–H groups in total. The van der Waals surface area contributed by atoms with E-state index < -0.39 is 6.04 Å². The number of benzene rings is 1. The number of anilines is 1. The molecular weight excluding hydrogens is 190 g/mol. The molecule has 0 radical (unpaired) electrons. The lowest BCUT2D eigenvalue weighted by molar-refractivity contribution is -0.118. The Morgan fingerprint density at radius 1 is 1.47 bits per heavy atom. The van der Waals surface area contributed by atoms with Crippen LogP contribution in [0.4, 0.5) is 5.69 Å². The second-order valence-corrected chi connectivity index (χ2v) is 3.57. The standard InChI is InChI=1S/C11H11N3O/c12-6-5-8-7-3-1-2-4-9(7)14-11(15)10(8)13/h1-4,8,10H,5,13H2,(H,14,15). The number of nitriles is 1. The number of nitrogens with two attached hydrogens (primary N) is 1. The molecule has 1 aliphatic rings. The van der Waals surface area contributed by atoms with E-state index in [1.54, 1.807) is 0 Å². The molecule has 2 atom stereocenters. The van der Waals surface area contributed by atoms with Crippen LogP contribution < -0.4 is 11.1 Å². The van der Waals surface area contributed by atoms with Gasteiger partial charge in [0.1, 0.15) is 0 Å². The Hall–Kier alpha value is -1.86. The minimum absolute atomic E-state index is 0.194. The van der Waals surface area contributed by atoms with Crippen LogP contribution in [0.1, 0.15) is 17.9 Å². The summed E-state index contributed by atoms with van der Waals surface area (Å²) in [5.74, 6) is -0.408. The van der Waals surface area contributed by atoms with Gasteiger partial charge in [0.05, 0.1) is 12.1 Å². The van der Waals surface area contributed by atoms with Crippen LogP contribution in [-0.4, -0.2) is 11.9 Å². The maximum atomic E-state index is 11.5. The molecule has 1 aliphatic heterocycles. The summed E-state index contributed by atoms with van der Waals surface area (Å²) in [7, 11) is 0. The third-order valence-corrected chi connectivity index (χ3v) is 2.67. The average Bonchev–Trinajstić information content (AvgIpc) is 2.25. The first-order chi connectivity index (χ1) is 7.24. The number of nitrogens with one attached hydrogen (secondary N) is 1. The predicted molar refractivity (Wildman–Crippen MR) is 56.0 cm³/mol. The number of hydrogen-bond acceptors (Lipinski definition) is 3. The highest BCUT2D eigenvalue weighted by atomic mass is 16.2. The van der Waals surface area contributed by atoms with Crippen molar-refractivity contribution in [2.45, 2.75) is 18.4 Å². The molecular formula is C11H11N3O. The van der Waals surface area contributed by atoms with Crippen molar-refractivity contribution in [1.82, 2.24) is 0 Å². The minimum atomic E-state index is -0.625. The zero-order valence-corrected chi connectivity index (χ0v) is 8.10. The Kier molecular flexibility index (Phi) is 2.40. The van der Waals surface area contributed by atoms with Crippen molar-refractivity contribution in [3.05, 3.63) is 29.8 Å². The van der Waals surface area contributed by atoms with E-state index in [2.05, 4.69) is 11.4 Å². The van der Waals surface area contributed by atoms with Crippen molar-refractivity contribution in [3.8, 4) is 6.07 Å². The van der Waals surface area contributed by atoms with Crippen LogP contribution in [-0.2, 0) is 4.79 Å². The first kappa shape index (κ1) is 9.69. The molecule has 1 heterocycles. The third kappa shape index (κ3) is 1.58. The maximum absolute atomic E-state index is 11.5. The fourth-order valence-electron chi connectivity index (χ4n) is 1.86. The number of rotatable bonds is 1. The number of carbonyl (C=O) groups excluding carboxylic acids is 1. The van der Waals surface area contributed by atoms with Gasteiger partial charge in [0.25, 0.3) is 0 Å². The normalized spacial score (nSPS) is 23.9. The highest BCUT2D eigenvalue weighted by Crippen LogP contribution is 2.33. The van der Waals surface area contributed by atoms with E-state index in [1.807, 2.05) is 24.3 Å². The number of hydrogen-bond donors (Lipinski definition) is 2. The maximum Gasteiger partial charge on any atom is 0.241 e. The molecule has 1 aromatic rings. The summed E-state index contributed by atoms with van der Waals surface area (Å²) in [5.41, 5.74) is 7.48. The second kappa shape index (κ2) is 3.71. The van der Waals surface area contributed by atoms with E-state index in [9.17, 15) is 4.79 Å². The first-order valence-corrected chi connectivity index (χ1v) is 4.76. The Morgan fingerprint density at radius 3 is 2.93 bits per heavy atom. The summed E-state index contributed by atoms with van der Waals surface area (Å²) in [5, 5.41) is 11.4. The Labute approximate surface area is 87.7 Å². The lowest BCUT2D eigenvalue weighted by Gasteiger charge is -2.29. The second-order valence-electron chi connectivity index (χ2n) is 3.57. The lowest BCUT2D eigenvalue weighted by atomic mass is 9.85. The lowest BCUT2D eigenvalue weighted by Crippen LogP contribution is -2.44. The number of fused-ring (bicyclic) bond motifs is 1. The minimum Gasteiger partial charge on any atom is -0.324 e. The van der Waals surface area contributed by atoms with Crippen molar-refractivity contribution in [2.75, 3.05) is 5.32 Å². The van der Waals surface area contributed by atoms with Crippen LogP contribution in [0.15, 0.2) is 24.3 Å². The molecule has 1 amide bonds. The van der Waals surface area contributed by atoms with Gasteiger partial charge in [0.15, 0.2) is 0 Å². The van der Waals surface area contributed by atoms with Gasteiger partial charge >= 0.3 is 0 Å². The summed E-state index contributed by atoms with van der Waals surface area (Å²) in [6.45, 7) is 0. The molecule has 0 saturated carbocycles. The van der Waals surface area contributed by atoms with E-state index >= 15 is 0 Å². The smallest absolute Gasteiger partial charge is 0.241 e. The number of carbonyl (C=O) groups is 1. The summed E-state index contributed by atoms with van der Waals surface area (Å²) in [6, 6.07) is 8.90. The van der Waals surface area contributed by atoms with Crippen LogP contribution in [0.2, 0.25) is 0 Å². The van der Waals surface area contributed by atoms with E-state index in [0.29, 0.717) is 0 Å². The van der Waals surface area contributed by atoms with Crippen LogP contribution in [0.25, 0.3) is 0 Å². The Balaban J connectivity index is 2.45. The number of para-hydroxylation sites is 1. The fourth-order valence-corrected chi connectivity index (χ4v) is 1.86. The van der Waals surface area contributed by atoms with E-state index in [4.69, 9.17) is 11.0 Å². The van der Waals surface area contributed by atoms with Crippen LogP contribution in [0.3, 0.4) is 0 Å². The molecule has 4 nitrogen and oxygen atoms in total.